The number of aryl methyl sites for hydroxylation is 1. The Kier molecular flexibility index (Phi) is 6.31. The summed E-state index contributed by atoms with van der Waals surface area (Å²) in [4.78, 5) is 0. The molecule has 1 nitrogen and oxygen atoms in total. The molecule has 1 fully saturated rings. The number of ether oxygens (including phenoxy) is 1. The van der Waals surface area contributed by atoms with Gasteiger partial charge in [-0.15, -0.1) is 0 Å². The van der Waals surface area contributed by atoms with Crippen LogP contribution in [0.25, 0.3) is 11.1 Å². The maximum Gasteiger partial charge on any atom is 0.192 e. The quantitative estimate of drug-likeness (QED) is 0.497. The number of halogens is 3. The van der Waals surface area contributed by atoms with Crippen LogP contribution in [0.15, 0.2) is 65.9 Å². The Balaban J connectivity index is 1.41. The molecule has 0 aromatic heterocycles. The van der Waals surface area contributed by atoms with Crippen LogP contribution < -0.4 is 0 Å². The molecule has 0 heterocycles. The van der Waals surface area contributed by atoms with E-state index in [1.54, 1.807) is 25.1 Å². The molecule has 2 aromatic rings. The highest BCUT2D eigenvalue weighted by Crippen LogP contribution is 2.37. The van der Waals surface area contributed by atoms with E-state index < -0.39 is 12.3 Å². The first-order valence-electron chi connectivity index (χ1n) is 10.7. The summed E-state index contributed by atoms with van der Waals surface area (Å²) >= 11 is 0. The Bertz CT molecular complexity index is 939. The van der Waals surface area contributed by atoms with E-state index >= 15 is 0 Å². The Hall–Kier alpha value is -2.49. The Morgan fingerprint density at radius 1 is 0.867 bits per heavy atom. The van der Waals surface area contributed by atoms with Crippen LogP contribution in [0.2, 0.25) is 0 Å². The zero-order chi connectivity index (χ0) is 21.1. The molecule has 2 aromatic carbocycles. The first-order valence-corrected chi connectivity index (χ1v) is 10.7. The Morgan fingerprint density at radius 3 is 2.27 bits per heavy atom. The molecule has 30 heavy (non-hydrogen) atoms. The Morgan fingerprint density at radius 2 is 1.57 bits per heavy atom. The van der Waals surface area contributed by atoms with Gasteiger partial charge in [-0.3, -0.25) is 0 Å². The van der Waals surface area contributed by atoms with Crippen molar-refractivity contribution in [1.82, 2.24) is 0 Å². The molecular weight excluding hydrogens is 385 g/mol. The van der Waals surface area contributed by atoms with Crippen molar-refractivity contribution < 1.29 is 17.9 Å². The molecule has 0 aliphatic heterocycles. The van der Waals surface area contributed by atoms with E-state index in [9.17, 15) is 13.2 Å². The minimum absolute atomic E-state index is 0.0479. The third kappa shape index (κ3) is 4.48. The van der Waals surface area contributed by atoms with Crippen LogP contribution in [0.1, 0.15) is 43.2 Å². The predicted molar refractivity (Wildman–Crippen MR) is 114 cm³/mol. The molecule has 0 spiro atoms. The van der Waals surface area contributed by atoms with Crippen molar-refractivity contribution in [2.24, 2.45) is 5.92 Å². The van der Waals surface area contributed by atoms with Crippen LogP contribution in [0.4, 0.5) is 13.2 Å². The van der Waals surface area contributed by atoms with Gasteiger partial charge in [0.15, 0.2) is 12.3 Å². The van der Waals surface area contributed by atoms with E-state index in [2.05, 4.69) is 0 Å². The van der Waals surface area contributed by atoms with Gasteiger partial charge < -0.3 is 4.74 Å². The fourth-order valence-electron chi connectivity index (χ4n) is 4.33. The highest BCUT2D eigenvalue weighted by Gasteiger charge is 2.35. The van der Waals surface area contributed by atoms with Crippen molar-refractivity contribution in [2.75, 3.05) is 0 Å². The van der Waals surface area contributed by atoms with E-state index in [1.807, 2.05) is 30.3 Å². The number of benzene rings is 2. The number of rotatable bonds is 5. The van der Waals surface area contributed by atoms with Gasteiger partial charge in [0.2, 0.25) is 0 Å². The van der Waals surface area contributed by atoms with Crippen molar-refractivity contribution >= 4 is 0 Å². The van der Waals surface area contributed by atoms with Crippen molar-refractivity contribution in [1.29, 1.82) is 0 Å². The summed E-state index contributed by atoms with van der Waals surface area (Å²) in [6, 6.07) is 12.6. The smallest absolute Gasteiger partial charge is 0.192 e. The van der Waals surface area contributed by atoms with Gasteiger partial charge in [0.25, 0.3) is 0 Å². The standard InChI is InChI=1S/C26H27F3O/c1-17-7-10-21(15-23(17)27)19-11-8-18(9-12-19)16-30-24-14-13-22(25(28)26(24)29)20-5-3-2-4-6-20/h7-15,20,25-26H,2-6,16H2,1H3. The summed E-state index contributed by atoms with van der Waals surface area (Å²) in [7, 11) is 0. The molecule has 2 unspecified atom stereocenters. The molecule has 0 bridgehead atoms. The van der Waals surface area contributed by atoms with Crippen LogP contribution in [-0.2, 0) is 11.3 Å². The first-order chi connectivity index (χ1) is 14.5. The predicted octanol–water partition coefficient (Wildman–Crippen LogP) is 7.40. The zero-order valence-electron chi connectivity index (χ0n) is 17.2. The van der Waals surface area contributed by atoms with Gasteiger partial charge in [0.05, 0.1) is 0 Å². The zero-order valence-corrected chi connectivity index (χ0v) is 17.2. The second-order valence-electron chi connectivity index (χ2n) is 8.32. The summed E-state index contributed by atoms with van der Waals surface area (Å²) in [5, 5.41) is 0. The molecule has 4 heteroatoms. The van der Waals surface area contributed by atoms with E-state index in [1.165, 1.54) is 12.5 Å². The lowest BCUT2D eigenvalue weighted by Crippen LogP contribution is -2.30. The number of alkyl halides is 2. The first kappa shape index (κ1) is 20.8. The highest BCUT2D eigenvalue weighted by atomic mass is 19.2. The normalized spacial score (nSPS) is 22.4. The van der Waals surface area contributed by atoms with Crippen molar-refractivity contribution in [3.05, 3.63) is 82.9 Å². The van der Waals surface area contributed by atoms with Crippen LogP contribution in [-0.4, -0.2) is 12.3 Å². The topological polar surface area (TPSA) is 9.23 Å². The maximum absolute atomic E-state index is 14.7. The lowest BCUT2D eigenvalue weighted by Gasteiger charge is -2.30. The molecule has 0 radical (unpaired) electrons. The molecule has 2 aliphatic rings. The number of hydrogen-bond donors (Lipinski definition) is 0. The monoisotopic (exact) mass is 412 g/mol. The molecule has 1 saturated carbocycles. The van der Waals surface area contributed by atoms with E-state index in [-0.39, 0.29) is 24.1 Å². The average Bonchev–Trinajstić information content (AvgIpc) is 2.78. The van der Waals surface area contributed by atoms with Gasteiger partial charge in [0.1, 0.15) is 18.2 Å². The minimum Gasteiger partial charge on any atom is -0.490 e. The van der Waals surface area contributed by atoms with Crippen LogP contribution >= 0.6 is 0 Å². The third-order valence-electron chi connectivity index (χ3n) is 6.23. The second kappa shape index (κ2) is 9.11. The third-order valence-corrected chi connectivity index (χ3v) is 6.23. The summed E-state index contributed by atoms with van der Waals surface area (Å²) in [5.41, 5.74) is 3.73. The molecule has 2 aliphatic carbocycles. The van der Waals surface area contributed by atoms with E-state index in [0.29, 0.717) is 11.1 Å². The van der Waals surface area contributed by atoms with E-state index in [0.717, 1.165) is 42.4 Å². The fraction of sp³-hybridized carbons (Fsp3) is 0.385. The highest BCUT2D eigenvalue weighted by molar-refractivity contribution is 5.64. The summed E-state index contributed by atoms with van der Waals surface area (Å²) in [5.74, 6) is -0.0322. The van der Waals surface area contributed by atoms with Crippen molar-refractivity contribution in [3.8, 4) is 11.1 Å². The second-order valence-corrected chi connectivity index (χ2v) is 8.32. The van der Waals surface area contributed by atoms with Gasteiger partial charge in [-0.2, -0.15) is 0 Å². The van der Waals surface area contributed by atoms with Gasteiger partial charge in [0, 0.05) is 0 Å². The molecular formula is C26H27F3O. The molecule has 4 rings (SSSR count). The lowest BCUT2D eigenvalue weighted by atomic mass is 9.79. The van der Waals surface area contributed by atoms with E-state index in [4.69, 9.17) is 4.74 Å². The van der Waals surface area contributed by atoms with Crippen molar-refractivity contribution in [2.45, 2.75) is 58.0 Å². The van der Waals surface area contributed by atoms with Crippen LogP contribution in [0.3, 0.4) is 0 Å². The van der Waals surface area contributed by atoms with Gasteiger partial charge in [-0.25, -0.2) is 13.2 Å². The van der Waals surface area contributed by atoms with Crippen LogP contribution in [0.5, 0.6) is 0 Å². The number of allylic oxidation sites excluding steroid dienone is 4. The van der Waals surface area contributed by atoms with Gasteiger partial charge >= 0.3 is 0 Å². The van der Waals surface area contributed by atoms with Gasteiger partial charge in [-0.1, -0.05) is 61.7 Å². The maximum atomic E-state index is 14.7. The van der Waals surface area contributed by atoms with Gasteiger partial charge in [-0.05, 0) is 65.7 Å². The molecule has 0 N–H and O–H groups in total. The van der Waals surface area contributed by atoms with Crippen LogP contribution in [0, 0.1) is 18.7 Å². The fourth-order valence-corrected chi connectivity index (χ4v) is 4.33. The Labute approximate surface area is 176 Å². The minimum atomic E-state index is -1.75. The number of hydrogen-bond acceptors (Lipinski definition) is 1. The summed E-state index contributed by atoms with van der Waals surface area (Å²) in [6.07, 6.45) is 5.19. The summed E-state index contributed by atoms with van der Waals surface area (Å²) < 4.78 is 48.8. The molecule has 0 amide bonds. The average molecular weight is 412 g/mol. The van der Waals surface area contributed by atoms with Crippen molar-refractivity contribution in [3.63, 3.8) is 0 Å². The largest absolute Gasteiger partial charge is 0.490 e. The lowest BCUT2D eigenvalue weighted by molar-refractivity contribution is 0.0998. The SMILES string of the molecule is Cc1ccc(-c2ccc(COC3=CC=C(C4CCCCC4)C(F)C3F)cc2)cc1F. The molecule has 0 saturated heterocycles. The molecule has 158 valence electrons. The molecule has 2 atom stereocenters. The summed E-state index contributed by atoms with van der Waals surface area (Å²) in [6.45, 7) is 1.89.